The molecule has 0 unspecified atom stereocenters. The van der Waals surface area contributed by atoms with E-state index in [1.165, 1.54) is 0 Å². The molecule has 0 aromatic heterocycles. The van der Waals surface area contributed by atoms with Crippen molar-refractivity contribution < 1.29 is 4.79 Å². The van der Waals surface area contributed by atoms with Crippen molar-refractivity contribution in [2.24, 2.45) is 5.92 Å². The van der Waals surface area contributed by atoms with E-state index in [-0.39, 0.29) is 0 Å². The molecule has 0 aliphatic heterocycles. The monoisotopic (exact) mass is 155 g/mol. The molecule has 0 atom stereocenters. The van der Waals surface area contributed by atoms with Crippen LogP contribution in [-0.4, -0.2) is 30.3 Å². The van der Waals surface area contributed by atoms with E-state index in [0.29, 0.717) is 18.2 Å². The van der Waals surface area contributed by atoms with Crippen LogP contribution in [0.5, 0.6) is 0 Å². The van der Waals surface area contributed by atoms with Gasteiger partial charge in [0.15, 0.2) is 0 Å². The van der Waals surface area contributed by atoms with Crippen molar-refractivity contribution in [3.63, 3.8) is 0 Å². The Hall–Kier alpha value is -0.370. The highest BCUT2D eigenvalue weighted by atomic mass is 16.1. The first-order valence-corrected chi connectivity index (χ1v) is 4.53. The number of rotatable bonds is 5. The Labute approximate surface area is 68.6 Å². The number of hydrogen-bond donors (Lipinski definition) is 0. The van der Waals surface area contributed by atoms with E-state index in [1.807, 2.05) is 0 Å². The maximum absolute atomic E-state index is 11.3. The minimum atomic E-state index is 0.426. The molecule has 2 heteroatoms. The Morgan fingerprint density at radius 2 is 1.91 bits per heavy atom. The van der Waals surface area contributed by atoms with Gasteiger partial charge in [-0.3, -0.25) is 9.69 Å². The van der Waals surface area contributed by atoms with Crippen molar-refractivity contribution in [2.45, 2.75) is 26.7 Å². The fourth-order valence-corrected chi connectivity index (χ4v) is 1.20. The van der Waals surface area contributed by atoms with Gasteiger partial charge in [-0.15, -0.1) is 0 Å². The minimum absolute atomic E-state index is 0.426. The van der Waals surface area contributed by atoms with Crippen LogP contribution in [0.15, 0.2) is 0 Å². The smallest absolute Gasteiger partial charge is 0.149 e. The fourth-order valence-electron chi connectivity index (χ4n) is 1.20. The van der Waals surface area contributed by atoms with Crippen molar-refractivity contribution in [1.29, 1.82) is 0 Å². The molecule has 0 saturated heterocycles. The van der Waals surface area contributed by atoms with E-state index in [0.717, 1.165) is 25.9 Å². The third kappa shape index (κ3) is 2.62. The lowest BCUT2D eigenvalue weighted by Crippen LogP contribution is -2.30. The zero-order valence-electron chi connectivity index (χ0n) is 7.47. The minimum Gasteiger partial charge on any atom is -0.298 e. The summed E-state index contributed by atoms with van der Waals surface area (Å²) in [5, 5.41) is 0. The third-order valence-corrected chi connectivity index (χ3v) is 2.31. The summed E-state index contributed by atoms with van der Waals surface area (Å²) in [6, 6.07) is 0. The van der Waals surface area contributed by atoms with Crippen LogP contribution in [-0.2, 0) is 4.79 Å². The Balaban J connectivity index is 2.20. The molecule has 0 aromatic carbocycles. The summed E-state index contributed by atoms with van der Waals surface area (Å²) in [6.07, 6.45) is 2.28. The molecule has 0 N–H and O–H groups in total. The zero-order chi connectivity index (χ0) is 8.27. The first kappa shape index (κ1) is 8.72. The molecule has 1 saturated carbocycles. The van der Waals surface area contributed by atoms with Gasteiger partial charge in [0.25, 0.3) is 0 Å². The summed E-state index contributed by atoms with van der Waals surface area (Å²) in [7, 11) is 0. The van der Waals surface area contributed by atoms with Crippen LogP contribution < -0.4 is 0 Å². The van der Waals surface area contributed by atoms with Gasteiger partial charge in [-0.2, -0.15) is 0 Å². The summed E-state index contributed by atoms with van der Waals surface area (Å²) in [5.74, 6) is 0.879. The SMILES string of the molecule is CCN(CC)CC(=O)C1CC1. The van der Waals surface area contributed by atoms with E-state index in [2.05, 4.69) is 18.7 Å². The highest BCUT2D eigenvalue weighted by Crippen LogP contribution is 2.29. The molecular formula is C9H17NO. The topological polar surface area (TPSA) is 20.3 Å². The summed E-state index contributed by atoms with van der Waals surface area (Å²) in [4.78, 5) is 13.5. The molecule has 1 fully saturated rings. The molecule has 0 spiro atoms. The third-order valence-electron chi connectivity index (χ3n) is 2.31. The Bertz CT molecular complexity index is 136. The van der Waals surface area contributed by atoms with Gasteiger partial charge in [-0.25, -0.2) is 0 Å². The van der Waals surface area contributed by atoms with Crippen LogP contribution in [0, 0.1) is 5.92 Å². The Morgan fingerprint density at radius 1 is 1.36 bits per heavy atom. The van der Waals surface area contributed by atoms with Gasteiger partial charge in [0.1, 0.15) is 5.78 Å². The van der Waals surface area contributed by atoms with Crippen LogP contribution in [0.25, 0.3) is 0 Å². The second-order valence-electron chi connectivity index (χ2n) is 3.20. The van der Waals surface area contributed by atoms with Crippen molar-refractivity contribution in [3.05, 3.63) is 0 Å². The fraction of sp³-hybridized carbons (Fsp3) is 0.889. The lowest BCUT2D eigenvalue weighted by molar-refractivity contribution is -0.121. The standard InChI is InChI=1S/C9H17NO/c1-3-10(4-2)7-9(11)8-5-6-8/h8H,3-7H2,1-2H3. The molecular weight excluding hydrogens is 138 g/mol. The van der Waals surface area contributed by atoms with Gasteiger partial charge in [0.05, 0.1) is 6.54 Å². The average molecular weight is 155 g/mol. The largest absolute Gasteiger partial charge is 0.298 e. The number of ketones is 1. The summed E-state index contributed by atoms with van der Waals surface area (Å²) >= 11 is 0. The van der Waals surface area contributed by atoms with Crippen LogP contribution in [0.4, 0.5) is 0 Å². The van der Waals surface area contributed by atoms with Crippen molar-refractivity contribution in [1.82, 2.24) is 4.90 Å². The van der Waals surface area contributed by atoms with Crippen LogP contribution in [0.1, 0.15) is 26.7 Å². The second-order valence-corrected chi connectivity index (χ2v) is 3.20. The van der Waals surface area contributed by atoms with Crippen molar-refractivity contribution in [2.75, 3.05) is 19.6 Å². The van der Waals surface area contributed by atoms with Crippen LogP contribution in [0.3, 0.4) is 0 Å². The highest BCUT2D eigenvalue weighted by Gasteiger charge is 2.29. The van der Waals surface area contributed by atoms with Crippen LogP contribution in [0.2, 0.25) is 0 Å². The number of carbonyl (C=O) groups excluding carboxylic acids is 1. The number of carbonyl (C=O) groups is 1. The van der Waals surface area contributed by atoms with Crippen LogP contribution >= 0.6 is 0 Å². The number of hydrogen-bond acceptors (Lipinski definition) is 2. The van der Waals surface area contributed by atoms with Gasteiger partial charge in [-0.1, -0.05) is 13.8 Å². The van der Waals surface area contributed by atoms with E-state index in [4.69, 9.17) is 0 Å². The summed E-state index contributed by atoms with van der Waals surface area (Å²) < 4.78 is 0. The molecule has 11 heavy (non-hydrogen) atoms. The molecule has 1 rings (SSSR count). The predicted octanol–water partition coefficient (Wildman–Crippen LogP) is 1.31. The Kier molecular flexibility index (Phi) is 3.06. The maximum Gasteiger partial charge on any atom is 0.149 e. The molecule has 0 amide bonds. The van der Waals surface area contributed by atoms with Gasteiger partial charge in [-0.05, 0) is 25.9 Å². The normalized spacial score (nSPS) is 17.4. The highest BCUT2D eigenvalue weighted by molar-refractivity contribution is 5.84. The Morgan fingerprint density at radius 3 is 2.27 bits per heavy atom. The first-order valence-electron chi connectivity index (χ1n) is 4.53. The van der Waals surface area contributed by atoms with E-state index < -0.39 is 0 Å². The lowest BCUT2D eigenvalue weighted by Gasteiger charge is -2.16. The quantitative estimate of drug-likeness (QED) is 0.596. The van der Waals surface area contributed by atoms with Crippen molar-refractivity contribution in [3.8, 4) is 0 Å². The molecule has 0 heterocycles. The van der Waals surface area contributed by atoms with Gasteiger partial charge >= 0.3 is 0 Å². The maximum atomic E-state index is 11.3. The van der Waals surface area contributed by atoms with E-state index >= 15 is 0 Å². The summed E-state index contributed by atoms with van der Waals surface area (Å²) in [6.45, 7) is 6.87. The predicted molar refractivity (Wildman–Crippen MR) is 45.5 cm³/mol. The number of likely N-dealkylation sites (N-methyl/N-ethyl adjacent to an activating group) is 1. The molecule has 0 aromatic rings. The van der Waals surface area contributed by atoms with E-state index in [1.54, 1.807) is 0 Å². The van der Waals surface area contributed by atoms with Crippen molar-refractivity contribution >= 4 is 5.78 Å². The van der Waals surface area contributed by atoms with Gasteiger partial charge in [0.2, 0.25) is 0 Å². The van der Waals surface area contributed by atoms with E-state index in [9.17, 15) is 4.79 Å². The number of Topliss-reactive ketones (excluding diaryl/α,β-unsaturated/α-hetero) is 1. The van der Waals surface area contributed by atoms with Gasteiger partial charge < -0.3 is 0 Å². The average Bonchev–Trinajstić information content (AvgIpc) is 2.81. The molecule has 64 valence electrons. The second kappa shape index (κ2) is 3.86. The molecule has 1 aliphatic rings. The first-order chi connectivity index (χ1) is 5.27. The molecule has 1 aliphatic carbocycles. The molecule has 2 nitrogen and oxygen atoms in total. The summed E-state index contributed by atoms with van der Waals surface area (Å²) in [5.41, 5.74) is 0. The zero-order valence-corrected chi connectivity index (χ0v) is 7.47. The lowest BCUT2D eigenvalue weighted by atomic mass is 10.2. The number of nitrogens with zero attached hydrogens (tertiary/aromatic N) is 1. The molecule has 0 bridgehead atoms. The van der Waals surface area contributed by atoms with Gasteiger partial charge in [0, 0.05) is 5.92 Å². The molecule has 0 radical (unpaired) electrons.